The standard InChI is InChI=1S/C13H14N2O3/c1-17-11-6-4-3-5-8(11)10-7-9(12(14)15-10)13(16)18-2/h3-7,15H,14H2,1-2H3. The fourth-order valence-corrected chi connectivity index (χ4v) is 1.76. The molecule has 0 radical (unpaired) electrons. The molecule has 1 aromatic heterocycles. The van der Waals surface area contributed by atoms with E-state index in [-0.39, 0.29) is 5.82 Å². The van der Waals surface area contributed by atoms with Gasteiger partial charge in [0.15, 0.2) is 0 Å². The van der Waals surface area contributed by atoms with Crippen LogP contribution in [0.15, 0.2) is 30.3 Å². The highest BCUT2D eigenvalue weighted by Crippen LogP contribution is 2.31. The molecule has 0 aliphatic heterocycles. The summed E-state index contributed by atoms with van der Waals surface area (Å²) >= 11 is 0. The van der Waals surface area contributed by atoms with Crippen LogP contribution in [0.2, 0.25) is 0 Å². The Labute approximate surface area is 105 Å². The van der Waals surface area contributed by atoms with Gasteiger partial charge in [-0.05, 0) is 18.2 Å². The number of hydrogen-bond donors (Lipinski definition) is 2. The number of carbonyl (C=O) groups excluding carboxylic acids is 1. The molecule has 0 fully saturated rings. The highest BCUT2D eigenvalue weighted by molar-refractivity contribution is 5.96. The summed E-state index contributed by atoms with van der Waals surface area (Å²) in [6, 6.07) is 9.12. The smallest absolute Gasteiger partial charge is 0.341 e. The first kappa shape index (κ1) is 12.0. The van der Waals surface area contributed by atoms with E-state index in [1.165, 1.54) is 7.11 Å². The van der Waals surface area contributed by atoms with Gasteiger partial charge in [-0.1, -0.05) is 12.1 Å². The van der Waals surface area contributed by atoms with Gasteiger partial charge < -0.3 is 20.2 Å². The van der Waals surface area contributed by atoms with Gasteiger partial charge in [-0.3, -0.25) is 0 Å². The second-order valence-electron chi connectivity index (χ2n) is 3.70. The van der Waals surface area contributed by atoms with Crippen LogP contribution in [-0.2, 0) is 4.74 Å². The minimum absolute atomic E-state index is 0.280. The lowest BCUT2D eigenvalue weighted by Gasteiger charge is -2.05. The molecule has 0 aliphatic carbocycles. The molecule has 0 amide bonds. The molecule has 0 atom stereocenters. The van der Waals surface area contributed by atoms with Crippen molar-refractivity contribution in [1.29, 1.82) is 0 Å². The Morgan fingerprint density at radius 2 is 2.00 bits per heavy atom. The number of aromatic nitrogens is 1. The molecule has 1 heterocycles. The van der Waals surface area contributed by atoms with E-state index in [1.807, 2.05) is 24.3 Å². The summed E-state index contributed by atoms with van der Waals surface area (Å²) in [5.74, 6) is 0.516. The molecule has 5 heteroatoms. The van der Waals surface area contributed by atoms with Crippen LogP contribution in [-0.4, -0.2) is 25.2 Å². The summed E-state index contributed by atoms with van der Waals surface area (Å²) in [5.41, 5.74) is 7.62. The number of rotatable bonds is 3. The van der Waals surface area contributed by atoms with Crippen molar-refractivity contribution < 1.29 is 14.3 Å². The molecule has 2 rings (SSSR count). The van der Waals surface area contributed by atoms with Gasteiger partial charge in [-0.25, -0.2) is 4.79 Å². The normalized spacial score (nSPS) is 10.1. The number of carbonyl (C=O) groups is 1. The number of H-pyrrole nitrogens is 1. The van der Waals surface area contributed by atoms with E-state index >= 15 is 0 Å². The monoisotopic (exact) mass is 246 g/mol. The van der Waals surface area contributed by atoms with Gasteiger partial charge >= 0.3 is 5.97 Å². The summed E-state index contributed by atoms with van der Waals surface area (Å²) in [6.07, 6.45) is 0. The molecular weight excluding hydrogens is 232 g/mol. The van der Waals surface area contributed by atoms with Crippen LogP contribution in [0.25, 0.3) is 11.3 Å². The van der Waals surface area contributed by atoms with Crippen LogP contribution in [0.3, 0.4) is 0 Å². The van der Waals surface area contributed by atoms with E-state index in [9.17, 15) is 4.79 Å². The number of nitrogens with one attached hydrogen (secondary N) is 1. The molecule has 2 aromatic rings. The zero-order chi connectivity index (χ0) is 13.1. The van der Waals surface area contributed by atoms with E-state index in [0.717, 1.165) is 5.56 Å². The van der Waals surface area contributed by atoms with Gasteiger partial charge in [-0.2, -0.15) is 0 Å². The molecule has 1 aromatic carbocycles. The van der Waals surface area contributed by atoms with Gasteiger partial charge in [-0.15, -0.1) is 0 Å². The second-order valence-corrected chi connectivity index (χ2v) is 3.70. The number of esters is 1. The topological polar surface area (TPSA) is 77.3 Å². The average Bonchev–Trinajstić information content (AvgIpc) is 2.79. The average molecular weight is 246 g/mol. The molecular formula is C13H14N2O3. The Morgan fingerprint density at radius 1 is 1.28 bits per heavy atom. The first-order valence-electron chi connectivity index (χ1n) is 5.37. The lowest BCUT2D eigenvalue weighted by molar-refractivity contribution is 0.0602. The van der Waals surface area contributed by atoms with Crippen molar-refractivity contribution in [2.24, 2.45) is 0 Å². The number of nitrogen functional groups attached to an aromatic ring is 1. The maximum atomic E-state index is 11.5. The molecule has 94 valence electrons. The molecule has 0 saturated heterocycles. The van der Waals surface area contributed by atoms with E-state index < -0.39 is 5.97 Å². The number of nitrogens with two attached hydrogens (primary N) is 1. The van der Waals surface area contributed by atoms with Crippen molar-refractivity contribution in [2.45, 2.75) is 0 Å². The molecule has 0 saturated carbocycles. The summed E-state index contributed by atoms with van der Waals surface area (Å²) in [4.78, 5) is 14.4. The molecule has 0 aliphatic rings. The second kappa shape index (κ2) is 4.83. The summed E-state index contributed by atoms with van der Waals surface area (Å²) in [5, 5.41) is 0. The Bertz CT molecular complexity index is 575. The Kier molecular flexibility index (Phi) is 3.23. The third kappa shape index (κ3) is 2.02. The van der Waals surface area contributed by atoms with Crippen LogP contribution in [0.4, 0.5) is 5.82 Å². The van der Waals surface area contributed by atoms with E-state index in [2.05, 4.69) is 9.72 Å². The van der Waals surface area contributed by atoms with Crippen molar-refractivity contribution in [3.8, 4) is 17.0 Å². The minimum Gasteiger partial charge on any atom is -0.496 e. The van der Waals surface area contributed by atoms with Crippen LogP contribution < -0.4 is 10.5 Å². The summed E-state index contributed by atoms with van der Waals surface area (Å²) < 4.78 is 9.91. The van der Waals surface area contributed by atoms with Gasteiger partial charge in [0.2, 0.25) is 0 Å². The van der Waals surface area contributed by atoms with Gasteiger partial charge in [0, 0.05) is 5.56 Å². The fraction of sp³-hybridized carbons (Fsp3) is 0.154. The predicted molar refractivity (Wildman–Crippen MR) is 68.5 cm³/mol. The number of anilines is 1. The predicted octanol–water partition coefficient (Wildman–Crippen LogP) is 2.06. The Morgan fingerprint density at radius 3 is 2.67 bits per heavy atom. The van der Waals surface area contributed by atoms with E-state index in [1.54, 1.807) is 13.2 Å². The number of ether oxygens (including phenoxy) is 2. The quantitative estimate of drug-likeness (QED) is 0.812. The molecule has 0 spiro atoms. The van der Waals surface area contributed by atoms with Gasteiger partial charge in [0.25, 0.3) is 0 Å². The molecule has 0 bridgehead atoms. The highest BCUT2D eigenvalue weighted by Gasteiger charge is 2.16. The number of para-hydroxylation sites is 1. The Hall–Kier alpha value is -2.43. The number of hydrogen-bond acceptors (Lipinski definition) is 4. The van der Waals surface area contributed by atoms with Crippen LogP contribution >= 0.6 is 0 Å². The van der Waals surface area contributed by atoms with Crippen LogP contribution in [0.5, 0.6) is 5.75 Å². The lowest BCUT2D eigenvalue weighted by atomic mass is 10.1. The maximum absolute atomic E-state index is 11.5. The SMILES string of the molecule is COC(=O)c1cc(-c2ccccc2OC)[nH]c1N. The van der Waals surface area contributed by atoms with Gasteiger partial charge in [0.1, 0.15) is 17.1 Å². The molecule has 5 nitrogen and oxygen atoms in total. The van der Waals surface area contributed by atoms with Crippen molar-refractivity contribution in [2.75, 3.05) is 20.0 Å². The Balaban J connectivity index is 2.49. The maximum Gasteiger partial charge on any atom is 0.341 e. The van der Waals surface area contributed by atoms with E-state index in [4.69, 9.17) is 10.5 Å². The largest absolute Gasteiger partial charge is 0.496 e. The zero-order valence-electron chi connectivity index (χ0n) is 10.2. The first-order chi connectivity index (χ1) is 8.67. The number of aromatic amines is 1. The van der Waals surface area contributed by atoms with Gasteiger partial charge in [0.05, 0.1) is 19.9 Å². The van der Waals surface area contributed by atoms with Crippen molar-refractivity contribution >= 4 is 11.8 Å². The number of benzene rings is 1. The third-order valence-electron chi connectivity index (χ3n) is 2.65. The van der Waals surface area contributed by atoms with Crippen LogP contribution in [0.1, 0.15) is 10.4 Å². The van der Waals surface area contributed by atoms with Crippen molar-refractivity contribution in [1.82, 2.24) is 4.98 Å². The van der Waals surface area contributed by atoms with E-state index in [0.29, 0.717) is 17.0 Å². The van der Waals surface area contributed by atoms with Crippen molar-refractivity contribution in [3.05, 3.63) is 35.9 Å². The first-order valence-corrected chi connectivity index (χ1v) is 5.37. The fourth-order valence-electron chi connectivity index (χ4n) is 1.76. The molecule has 3 N–H and O–H groups in total. The minimum atomic E-state index is -0.468. The third-order valence-corrected chi connectivity index (χ3v) is 2.65. The highest BCUT2D eigenvalue weighted by atomic mass is 16.5. The summed E-state index contributed by atoms with van der Waals surface area (Å²) in [6.45, 7) is 0. The summed E-state index contributed by atoms with van der Waals surface area (Å²) in [7, 11) is 2.91. The molecule has 0 unspecified atom stereocenters. The number of methoxy groups -OCH3 is 2. The lowest BCUT2D eigenvalue weighted by Crippen LogP contribution is -2.02. The van der Waals surface area contributed by atoms with Crippen molar-refractivity contribution in [3.63, 3.8) is 0 Å². The van der Waals surface area contributed by atoms with Crippen LogP contribution in [0, 0.1) is 0 Å². The zero-order valence-corrected chi connectivity index (χ0v) is 10.2. The molecule has 18 heavy (non-hydrogen) atoms.